The number of methoxy groups -OCH3 is 1. The van der Waals surface area contributed by atoms with Crippen LogP contribution in [0.5, 0.6) is 5.75 Å². The molecule has 2 rings (SSSR count). The lowest BCUT2D eigenvalue weighted by Crippen LogP contribution is -2.50. The van der Waals surface area contributed by atoms with Crippen LogP contribution in [0.15, 0.2) is 24.3 Å². The minimum atomic E-state index is 0.641. The van der Waals surface area contributed by atoms with Gasteiger partial charge in [0.15, 0.2) is 0 Å². The SMILES string of the molecule is COc1cccc(N(C)CCC2CNCCN2C)c1. The molecule has 0 aromatic heterocycles. The number of rotatable bonds is 5. The van der Waals surface area contributed by atoms with E-state index in [2.05, 4.69) is 41.3 Å². The molecule has 0 radical (unpaired) electrons. The van der Waals surface area contributed by atoms with E-state index in [0.717, 1.165) is 31.9 Å². The van der Waals surface area contributed by atoms with Gasteiger partial charge in [-0.25, -0.2) is 0 Å². The zero-order valence-electron chi connectivity index (χ0n) is 12.2. The average molecular weight is 263 g/mol. The first kappa shape index (κ1) is 14.2. The van der Waals surface area contributed by atoms with Crippen LogP contribution >= 0.6 is 0 Å². The van der Waals surface area contributed by atoms with E-state index < -0.39 is 0 Å². The number of likely N-dealkylation sites (N-methyl/N-ethyl adjacent to an activating group) is 1. The molecule has 0 spiro atoms. The van der Waals surface area contributed by atoms with Crippen molar-refractivity contribution in [1.29, 1.82) is 0 Å². The third-order valence-electron chi connectivity index (χ3n) is 3.94. The van der Waals surface area contributed by atoms with Crippen LogP contribution in [0.1, 0.15) is 6.42 Å². The van der Waals surface area contributed by atoms with E-state index in [4.69, 9.17) is 4.74 Å². The van der Waals surface area contributed by atoms with E-state index in [1.54, 1.807) is 7.11 Å². The third-order valence-corrected chi connectivity index (χ3v) is 3.94. The van der Waals surface area contributed by atoms with Gasteiger partial charge in [0.1, 0.15) is 5.75 Å². The predicted octanol–water partition coefficient (Wildman–Crippen LogP) is 1.43. The Labute approximate surface area is 116 Å². The van der Waals surface area contributed by atoms with E-state index >= 15 is 0 Å². The van der Waals surface area contributed by atoms with Crippen molar-refractivity contribution in [3.8, 4) is 5.75 Å². The van der Waals surface area contributed by atoms with E-state index in [1.807, 2.05) is 12.1 Å². The number of nitrogens with zero attached hydrogens (tertiary/aromatic N) is 2. The summed E-state index contributed by atoms with van der Waals surface area (Å²) in [5.41, 5.74) is 1.21. The number of hydrogen-bond donors (Lipinski definition) is 1. The maximum Gasteiger partial charge on any atom is 0.120 e. The number of hydrogen-bond acceptors (Lipinski definition) is 4. The van der Waals surface area contributed by atoms with Crippen LogP contribution in [0.4, 0.5) is 5.69 Å². The topological polar surface area (TPSA) is 27.7 Å². The molecule has 1 aliphatic heterocycles. The van der Waals surface area contributed by atoms with Gasteiger partial charge in [0.2, 0.25) is 0 Å². The summed E-state index contributed by atoms with van der Waals surface area (Å²) in [4.78, 5) is 4.75. The molecule has 0 bridgehead atoms. The van der Waals surface area contributed by atoms with Gasteiger partial charge >= 0.3 is 0 Å². The van der Waals surface area contributed by atoms with Gasteiger partial charge in [0.05, 0.1) is 7.11 Å². The fraction of sp³-hybridized carbons (Fsp3) is 0.600. The second-order valence-corrected chi connectivity index (χ2v) is 5.25. The molecule has 106 valence electrons. The number of anilines is 1. The molecule has 1 saturated heterocycles. The predicted molar refractivity (Wildman–Crippen MR) is 80.2 cm³/mol. The van der Waals surface area contributed by atoms with Crippen LogP contribution in [0.3, 0.4) is 0 Å². The van der Waals surface area contributed by atoms with Crippen molar-refractivity contribution >= 4 is 5.69 Å². The fourth-order valence-corrected chi connectivity index (χ4v) is 2.50. The Morgan fingerprint density at radius 2 is 2.32 bits per heavy atom. The monoisotopic (exact) mass is 263 g/mol. The van der Waals surface area contributed by atoms with Crippen molar-refractivity contribution in [3.05, 3.63) is 24.3 Å². The summed E-state index contributed by atoms with van der Waals surface area (Å²) < 4.78 is 5.27. The largest absolute Gasteiger partial charge is 0.497 e. The summed E-state index contributed by atoms with van der Waals surface area (Å²) in [5.74, 6) is 0.917. The Kier molecular flexibility index (Phi) is 5.05. The van der Waals surface area contributed by atoms with E-state index in [0.29, 0.717) is 6.04 Å². The molecule has 0 saturated carbocycles. The van der Waals surface area contributed by atoms with Crippen LogP contribution in [0.2, 0.25) is 0 Å². The molecule has 1 heterocycles. The minimum absolute atomic E-state index is 0.641. The molecular formula is C15H25N3O. The molecule has 4 nitrogen and oxygen atoms in total. The summed E-state index contributed by atoms with van der Waals surface area (Å²) in [6.45, 7) is 4.42. The van der Waals surface area contributed by atoms with Crippen LogP contribution in [0, 0.1) is 0 Å². The van der Waals surface area contributed by atoms with Crippen molar-refractivity contribution in [1.82, 2.24) is 10.2 Å². The molecule has 1 fully saturated rings. The van der Waals surface area contributed by atoms with Gasteiger partial charge in [-0.15, -0.1) is 0 Å². The first-order valence-electron chi connectivity index (χ1n) is 6.97. The molecule has 1 aromatic rings. The third kappa shape index (κ3) is 3.85. The maximum atomic E-state index is 5.27. The second kappa shape index (κ2) is 6.78. The van der Waals surface area contributed by atoms with E-state index in [1.165, 1.54) is 12.1 Å². The highest BCUT2D eigenvalue weighted by Crippen LogP contribution is 2.20. The highest BCUT2D eigenvalue weighted by molar-refractivity contribution is 5.50. The Bertz CT molecular complexity index is 397. The molecule has 0 aliphatic carbocycles. The van der Waals surface area contributed by atoms with Crippen molar-refractivity contribution in [2.45, 2.75) is 12.5 Å². The molecule has 4 heteroatoms. The Balaban J connectivity index is 1.87. The van der Waals surface area contributed by atoms with Gasteiger partial charge in [-0.3, -0.25) is 0 Å². The second-order valence-electron chi connectivity index (χ2n) is 5.25. The summed E-state index contributed by atoms with van der Waals surface area (Å²) in [7, 11) is 6.07. The Hall–Kier alpha value is -1.26. The molecule has 1 aliphatic rings. The van der Waals surface area contributed by atoms with Crippen molar-refractivity contribution in [3.63, 3.8) is 0 Å². The van der Waals surface area contributed by atoms with Crippen LogP contribution in [0.25, 0.3) is 0 Å². The number of piperazine rings is 1. The Morgan fingerprint density at radius 3 is 3.05 bits per heavy atom. The summed E-state index contributed by atoms with van der Waals surface area (Å²) in [6.07, 6.45) is 1.18. The van der Waals surface area contributed by atoms with Crippen LogP contribution in [-0.2, 0) is 0 Å². The molecule has 19 heavy (non-hydrogen) atoms. The van der Waals surface area contributed by atoms with Gasteiger partial charge in [-0.1, -0.05) is 6.07 Å². The standard InChI is InChI=1S/C15H25N3O/c1-17(13-5-4-6-15(11-13)19-3)9-7-14-12-16-8-10-18(14)2/h4-6,11,14,16H,7-10,12H2,1-3H3. The molecule has 1 unspecified atom stereocenters. The van der Waals surface area contributed by atoms with E-state index in [9.17, 15) is 0 Å². The highest BCUT2D eigenvalue weighted by atomic mass is 16.5. The fourth-order valence-electron chi connectivity index (χ4n) is 2.50. The van der Waals surface area contributed by atoms with Gasteiger partial charge in [-0.05, 0) is 25.6 Å². The number of ether oxygens (including phenoxy) is 1. The van der Waals surface area contributed by atoms with Gasteiger partial charge in [-0.2, -0.15) is 0 Å². The maximum absolute atomic E-state index is 5.27. The van der Waals surface area contributed by atoms with Crippen molar-refractivity contribution in [2.75, 3.05) is 52.3 Å². The minimum Gasteiger partial charge on any atom is -0.497 e. The summed E-state index contributed by atoms with van der Waals surface area (Å²) >= 11 is 0. The number of benzene rings is 1. The Morgan fingerprint density at radius 1 is 1.47 bits per heavy atom. The van der Waals surface area contributed by atoms with Crippen molar-refractivity contribution < 1.29 is 4.74 Å². The normalized spacial score (nSPS) is 20.3. The van der Waals surface area contributed by atoms with Gasteiger partial charge < -0.3 is 19.9 Å². The summed E-state index contributed by atoms with van der Waals surface area (Å²) in [6, 6.07) is 8.88. The van der Waals surface area contributed by atoms with Gasteiger partial charge in [0, 0.05) is 51.0 Å². The molecule has 1 atom stereocenters. The van der Waals surface area contributed by atoms with Crippen LogP contribution < -0.4 is 15.0 Å². The first-order valence-corrected chi connectivity index (χ1v) is 6.97. The van der Waals surface area contributed by atoms with E-state index in [-0.39, 0.29) is 0 Å². The molecule has 1 N–H and O–H groups in total. The highest BCUT2D eigenvalue weighted by Gasteiger charge is 2.18. The smallest absolute Gasteiger partial charge is 0.120 e. The zero-order valence-corrected chi connectivity index (χ0v) is 12.2. The lowest BCUT2D eigenvalue weighted by molar-refractivity contribution is 0.192. The number of nitrogens with one attached hydrogen (secondary N) is 1. The first-order chi connectivity index (χ1) is 9.20. The van der Waals surface area contributed by atoms with Crippen molar-refractivity contribution in [2.24, 2.45) is 0 Å². The van der Waals surface area contributed by atoms with Crippen LogP contribution in [-0.4, -0.2) is 58.3 Å². The molecule has 1 aromatic carbocycles. The zero-order chi connectivity index (χ0) is 13.7. The molecular weight excluding hydrogens is 238 g/mol. The molecule has 0 amide bonds. The lowest BCUT2D eigenvalue weighted by atomic mass is 10.1. The lowest BCUT2D eigenvalue weighted by Gasteiger charge is -2.34. The quantitative estimate of drug-likeness (QED) is 0.869. The summed E-state index contributed by atoms with van der Waals surface area (Å²) in [5, 5.41) is 3.47. The average Bonchev–Trinajstić information content (AvgIpc) is 2.46. The van der Waals surface area contributed by atoms with Gasteiger partial charge in [0.25, 0.3) is 0 Å².